The van der Waals surface area contributed by atoms with Crippen molar-refractivity contribution < 1.29 is 0 Å². The lowest BCUT2D eigenvalue weighted by Gasteiger charge is -2.28. The summed E-state index contributed by atoms with van der Waals surface area (Å²) in [5, 5.41) is 12.5. The fraction of sp³-hybridized carbons (Fsp3) is 0. The lowest BCUT2D eigenvalue weighted by atomic mass is 9.98. The molecule has 2 nitrogen and oxygen atoms in total. The molecule has 0 bridgehead atoms. The van der Waals surface area contributed by atoms with Crippen molar-refractivity contribution in [1.29, 1.82) is 0 Å². The molecule has 2 heteroatoms. The first-order chi connectivity index (χ1) is 26.8. The highest BCUT2D eigenvalue weighted by Gasteiger charge is 2.19. The summed E-state index contributed by atoms with van der Waals surface area (Å²) in [6.07, 6.45) is 0. The van der Waals surface area contributed by atoms with Gasteiger partial charge in [-0.3, -0.25) is 0 Å². The molecule has 11 aromatic rings. The number of rotatable bonds is 5. The first kappa shape index (κ1) is 30.5. The molecule has 54 heavy (non-hydrogen) atoms. The van der Waals surface area contributed by atoms with Gasteiger partial charge in [0, 0.05) is 38.6 Å². The smallest absolute Gasteiger partial charge is 0.0619 e. The Morgan fingerprint density at radius 2 is 0.870 bits per heavy atom. The van der Waals surface area contributed by atoms with Crippen molar-refractivity contribution >= 4 is 82.0 Å². The lowest BCUT2D eigenvalue weighted by Crippen LogP contribution is -2.11. The van der Waals surface area contributed by atoms with Crippen LogP contribution in [0.15, 0.2) is 206 Å². The Morgan fingerprint density at radius 1 is 0.315 bits per heavy atom. The van der Waals surface area contributed by atoms with Gasteiger partial charge in [0.15, 0.2) is 0 Å². The second-order valence-electron chi connectivity index (χ2n) is 14.2. The van der Waals surface area contributed by atoms with E-state index in [2.05, 4.69) is 216 Å². The molecule has 252 valence electrons. The number of nitrogens with zero attached hydrogens (tertiary/aromatic N) is 2. The molecule has 0 spiro atoms. The van der Waals surface area contributed by atoms with E-state index in [0.717, 1.165) is 22.7 Å². The van der Waals surface area contributed by atoms with Crippen LogP contribution in [0.25, 0.3) is 81.7 Å². The summed E-state index contributed by atoms with van der Waals surface area (Å²) >= 11 is 0. The molecule has 0 aliphatic carbocycles. The van der Waals surface area contributed by atoms with E-state index in [1.807, 2.05) is 0 Å². The summed E-state index contributed by atoms with van der Waals surface area (Å²) in [6.45, 7) is 0. The summed E-state index contributed by atoms with van der Waals surface area (Å²) in [4.78, 5) is 2.42. The molecule has 11 rings (SSSR count). The van der Waals surface area contributed by atoms with Crippen molar-refractivity contribution in [1.82, 2.24) is 4.57 Å². The highest BCUT2D eigenvalue weighted by atomic mass is 15.1. The van der Waals surface area contributed by atoms with Crippen molar-refractivity contribution in [3.8, 4) is 16.8 Å². The second-order valence-corrected chi connectivity index (χ2v) is 14.2. The minimum absolute atomic E-state index is 1.10. The molecule has 0 atom stereocenters. The Kier molecular flexibility index (Phi) is 6.90. The zero-order valence-electron chi connectivity index (χ0n) is 29.5. The molecule has 0 radical (unpaired) electrons. The van der Waals surface area contributed by atoms with Crippen molar-refractivity contribution in [3.63, 3.8) is 0 Å². The van der Waals surface area contributed by atoms with Gasteiger partial charge in [-0.2, -0.15) is 0 Å². The predicted molar refractivity (Wildman–Crippen MR) is 231 cm³/mol. The highest BCUT2D eigenvalue weighted by molar-refractivity contribution is 6.19. The molecule has 0 unspecified atom stereocenters. The summed E-state index contributed by atoms with van der Waals surface area (Å²) in [7, 11) is 0. The maximum Gasteiger partial charge on any atom is 0.0619 e. The van der Waals surface area contributed by atoms with Gasteiger partial charge in [-0.05, 0) is 98.0 Å². The fourth-order valence-electron chi connectivity index (χ4n) is 8.57. The minimum atomic E-state index is 1.10. The molecular formula is C52H34N2. The van der Waals surface area contributed by atoms with Gasteiger partial charge in [0.05, 0.1) is 16.7 Å². The van der Waals surface area contributed by atoms with Crippen LogP contribution in [0.2, 0.25) is 0 Å². The Morgan fingerprint density at radius 3 is 1.65 bits per heavy atom. The van der Waals surface area contributed by atoms with Crippen LogP contribution in [0.1, 0.15) is 0 Å². The van der Waals surface area contributed by atoms with E-state index in [0.29, 0.717) is 0 Å². The summed E-state index contributed by atoms with van der Waals surface area (Å²) in [5.74, 6) is 0. The monoisotopic (exact) mass is 686 g/mol. The molecule has 1 aromatic heterocycles. The van der Waals surface area contributed by atoms with E-state index >= 15 is 0 Å². The van der Waals surface area contributed by atoms with Crippen LogP contribution in [0.3, 0.4) is 0 Å². The average molecular weight is 687 g/mol. The van der Waals surface area contributed by atoms with Gasteiger partial charge in [-0.25, -0.2) is 0 Å². The molecule has 0 saturated carbocycles. The van der Waals surface area contributed by atoms with Crippen LogP contribution >= 0.6 is 0 Å². The van der Waals surface area contributed by atoms with Crippen molar-refractivity contribution in [2.45, 2.75) is 0 Å². The SMILES string of the molecule is c1ccc2cc(-c3ccc(N(c4ccc(-n5c6ccccc6c6ccc7ccccc7c65)cc4)c4cc5ccccc5c5ccccc45)cc3)ccc2c1. The largest absolute Gasteiger partial charge is 0.310 e. The predicted octanol–water partition coefficient (Wildman–Crippen LogP) is 14.5. The molecule has 1 heterocycles. The number of para-hydroxylation sites is 1. The van der Waals surface area contributed by atoms with Crippen LogP contribution < -0.4 is 4.90 Å². The molecule has 0 saturated heterocycles. The number of aromatic nitrogens is 1. The standard InChI is InChI=1S/C52H34N2/c1-2-13-38-33-39(22-21-35(38)11-1)36-23-26-41(27-24-36)53(51-34-40-14-4-5-15-44(40)46-17-7-8-18-47(46)51)42-28-30-43(31-29-42)54-50-20-10-9-19-48(50)49-32-25-37-12-3-6-16-45(37)52(49)54/h1-34H. The van der Waals surface area contributed by atoms with E-state index in [-0.39, 0.29) is 0 Å². The second kappa shape index (κ2) is 12.2. The minimum Gasteiger partial charge on any atom is -0.310 e. The van der Waals surface area contributed by atoms with E-state index in [9.17, 15) is 0 Å². The summed E-state index contributed by atoms with van der Waals surface area (Å²) < 4.78 is 2.44. The molecule has 0 aliphatic rings. The normalized spacial score (nSPS) is 11.7. The molecule has 10 aromatic carbocycles. The lowest BCUT2D eigenvalue weighted by molar-refractivity contribution is 1.18. The third-order valence-corrected chi connectivity index (χ3v) is 11.1. The summed E-state index contributed by atoms with van der Waals surface area (Å²) in [5.41, 5.74) is 9.35. The highest BCUT2D eigenvalue weighted by Crippen LogP contribution is 2.43. The van der Waals surface area contributed by atoms with Gasteiger partial charge in [0.25, 0.3) is 0 Å². The van der Waals surface area contributed by atoms with E-state index in [4.69, 9.17) is 0 Å². The third-order valence-electron chi connectivity index (χ3n) is 11.1. The average Bonchev–Trinajstić information content (AvgIpc) is 3.59. The van der Waals surface area contributed by atoms with Crippen LogP contribution in [0, 0.1) is 0 Å². The maximum atomic E-state index is 2.44. The quantitative estimate of drug-likeness (QED) is 0.164. The van der Waals surface area contributed by atoms with Gasteiger partial charge < -0.3 is 9.47 Å². The topological polar surface area (TPSA) is 8.17 Å². The van der Waals surface area contributed by atoms with Crippen molar-refractivity contribution in [2.24, 2.45) is 0 Å². The van der Waals surface area contributed by atoms with Gasteiger partial charge in [0.2, 0.25) is 0 Å². The van der Waals surface area contributed by atoms with Crippen LogP contribution in [-0.4, -0.2) is 4.57 Å². The Balaban J connectivity index is 1.10. The van der Waals surface area contributed by atoms with Crippen LogP contribution in [0.4, 0.5) is 17.1 Å². The van der Waals surface area contributed by atoms with E-state index in [1.165, 1.54) is 76.0 Å². The Labute approximate surface area is 313 Å². The number of hydrogen-bond donors (Lipinski definition) is 0. The van der Waals surface area contributed by atoms with E-state index < -0.39 is 0 Å². The molecule has 0 fully saturated rings. The number of benzene rings is 10. The molecule has 0 N–H and O–H groups in total. The number of hydrogen-bond acceptors (Lipinski definition) is 1. The molecule has 0 aliphatic heterocycles. The molecule has 0 amide bonds. The number of anilines is 3. The Bertz CT molecular complexity index is 3210. The summed E-state index contributed by atoms with van der Waals surface area (Å²) in [6, 6.07) is 75.3. The van der Waals surface area contributed by atoms with E-state index in [1.54, 1.807) is 0 Å². The van der Waals surface area contributed by atoms with Crippen LogP contribution in [0.5, 0.6) is 0 Å². The van der Waals surface area contributed by atoms with Crippen LogP contribution in [-0.2, 0) is 0 Å². The Hall–Kier alpha value is -7.16. The van der Waals surface area contributed by atoms with Gasteiger partial charge in [-0.15, -0.1) is 0 Å². The zero-order chi connectivity index (χ0) is 35.6. The zero-order valence-corrected chi connectivity index (χ0v) is 29.5. The first-order valence-corrected chi connectivity index (χ1v) is 18.6. The first-order valence-electron chi connectivity index (χ1n) is 18.6. The number of fused-ring (bicyclic) bond motifs is 9. The van der Waals surface area contributed by atoms with Crippen molar-refractivity contribution in [3.05, 3.63) is 206 Å². The maximum absolute atomic E-state index is 2.44. The fourth-order valence-corrected chi connectivity index (χ4v) is 8.57. The van der Waals surface area contributed by atoms with Gasteiger partial charge in [-0.1, -0.05) is 152 Å². The van der Waals surface area contributed by atoms with Crippen molar-refractivity contribution in [2.75, 3.05) is 4.90 Å². The molecular weight excluding hydrogens is 653 g/mol. The van der Waals surface area contributed by atoms with Gasteiger partial charge in [0.1, 0.15) is 0 Å². The third kappa shape index (κ3) is 4.81. The van der Waals surface area contributed by atoms with Gasteiger partial charge >= 0.3 is 0 Å².